The second kappa shape index (κ2) is 5.64. The van der Waals surface area contributed by atoms with Crippen LogP contribution in [0.25, 0.3) is 0 Å². The molecule has 0 aliphatic carbocycles. The Morgan fingerprint density at radius 1 is 0.933 bits per heavy atom. The summed E-state index contributed by atoms with van der Waals surface area (Å²) in [7, 11) is 0. The van der Waals surface area contributed by atoms with E-state index in [9.17, 15) is 10.2 Å². The van der Waals surface area contributed by atoms with Crippen LogP contribution in [0.3, 0.4) is 0 Å². The van der Waals surface area contributed by atoms with Crippen molar-refractivity contribution in [3.8, 4) is 11.5 Å². The van der Waals surface area contributed by atoms with Crippen molar-refractivity contribution in [2.24, 2.45) is 0 Å². The van der Waals surface area contributed by atoms with Crippen molar-refractivity contribution in [2.75, 3.05) is 0 Å². The second-order valence-electron chi connectivity index (χ2n) is 3.92. The van der Waals surface area contributed by atoms with E-state index in [1.165, 1.54) is 18.4 Å². The van der Waals surface area contributed by atoms with Crippen LogP contribution in [0.1, 0.15) is 44.2 Å². The second-order valence-corrected chi connectivity index (χ2v) is 3.92. The maximum atomic E-state index is 9.43. The van der Waals surface area contributed by atoms with Gasteiger partial charge in [-0.2, -0.15) is 0 Å². The number of unbranched alkanes of at least 4 members (excludes halogenated alkanes) is 2. The van der Waals surface area contributed by atoms with Crippen molar-refractivity contribution >= 4 is 0 Å². The van der Waals surface area contributed by atoms with Gasteiger partial charge in [-0.15, -0.1) is 0 Å². The average Bonchev–Trinajstić information content (AvgIpc) is 2.23. The summed E-state index contributed by atoms with van der Waals surface area (Å²) in [4.78, 5) is 0. The summed E-state index contributed by atoms with van der Waals surface area (Å²) in [5.41, 5.74) is 2.31. The summed E-state index contributed by atoms with van der Waals surface area (Å²) in [5.74, 6) is -0.00945. The van der Waals surface area contributed by atoms with Gasteiger partial charge >= 0.3 is 0 Å². The van der Waals surface area contributed by atoms with Crippen LogP contribution < -0.4 is 0 Å². The third-order valence-corrected chi connectivity index (χ3v) is 2.73. The lowest BCUT2D eigenvalue weighted by molar-refractivity contribution is 0.402. The SMILES string of the molecule is CCCCCc1cc(O)c(O)cc1CC. The molecule has 0 atom stereocenters. The summed E-state index contributed by atoms with van der Waals surface area (Å²) in [5, 5.41) is 18.8. The maximum Gasteiger partial charge on any atom is 0.157 e. The number of benzene rings is 1. The Hall–Kier alpha value is -1.18. The van der Waals surface area contributed by atoms with Crippen LogP contribution in [0.15, 0.2) is 12.1 Å². The summed E-state index contributed by atoms with van der Waals surface area (Å²) in [6.07, 6.45) is 5.45. The van der Waals surface area contributed by atoms with Crippen LogP contribution in [0.4, 0.5) is 0 Å². The molecule has 1 aromatic rings. The van der Waals surface area contributed by atoms with Crippen LogP contribution in [0.5, 0.6) is 11.5 Å². The molecular weight excluding hydrogens is 188 g/mol. The Labute approximate surface area is 91.6 Å². The fourth-order valence-corrected chi connectivity index (χ4v) is 1.79. The highest BCUT2D eigenvalue weighted by molar-refractivity contribution is 5.45. The number of aromatic hydroxyl groups is 2. The number of rotatable bonds is 5. The highest BCUT2D eigenvalue weighted by atomic mass is 16.3. The predicted octanol–water partition coefficient (Wildman–Crippen LogP) is 3.39. The third kappa shape index (κ3) is 3.15. The Kier molecular flexibility index (Phi) is 4.47. The van der Waals surface area contributed by atoms with Gasteiger partial charge in [0.25, 0.3) is 0 Å². The molecule has 0 radical (unpaired) electrons. The number of phenolic OH excluding ortho intramolecular Hbond substituents is 2. The largest absolute Gasteiger partial charge is 0.504 e. The van der Waals surface area contributed by atoms with E-state index in [-0.39, 0.29) is 11.5 Å². The monoisotopic (exact) mass is 208 g/mol. The fourth-order valence-electron chi connectivity index (χ4n) is 1.79. The van der Waals surface area contributed by atoms with E-state index in [1.54, 1.807) is 12.1 Å². The first-order valence-electron chi connectivity index (χ1n) is 5.72. The summed E-state index contributed by atoms with van der Waals surface area (Å²) in [6.45, 7) is 4.24. The van der Waals surface area contributed by atoms with Crippen LogP contribution in [-0.2, 0) is 12.8 Å². The Bertz CT molecular complexity index is 319. The van der Waals surface area contributed by atoms with Crippen LogP contribution >= 0.6 is 0 Å². The van der Waals surface area contributed by atoms with E-state index >= 15 is 0 Å². The van der Waals surface area contributed by atoms with Crippen LogP contribution in [0, 0.1) is 0 Å². The first kappa shape index (κ1) is 11.9. The Morgan fingerprint density at radius 2 is 1.53 bits per heavy atom. The van der Waals surface area contributed by atoms with Gasteiger partial charge in [-0.05, 0) is 42.5 Å². The molecule has 2 heteroatoms. The van der Waals surface area contributed by atoms with Crippen molar-refractivity contribution in [3.05, 3.63) is 23.3 Å². The first-order valence-corrected chi connectivity index (χ1v) is 5.72. The number of hydrogen-bond acceptors (Lipinski definition) is 2. The lowest BCUT2D eigenvalue weighted by Crippen LogP contribution is -1.93. The molecule has 0 bridgehead atoms. The van der Waals surface area contributed by atoms with Gasteiger partial charge in [-0.3, -0.25) is 0 Å². The van der Waals surface area contributed by atoms with Crippen molar-refractivity contribution < 1.29 is 10.2 Å². The quantitative estimate of drug-likeness (QED) is 0.575. The van der Waals surface area contributed by atoms with Crippen molar-refractivity contribution in [3.63, 3.8) is 0 Å². The van der Waals surface area contributed by atoms with E-state index in [4.69, 9.17) is 0 Å². The van der Waals surface area contributed by atoms with Gasteiger partial charge in [0.1, 0.15) is 0 Å². The zero-order chi connectivity index (χ0) is 11.3. The predicted molar refractivity (Wildman–Crippen MR) is 62.4 cm³/mol. The third-order valence-electron chi connectivity index (χ3n) is 2.73. The van der Waals surface area contributed by atoms with Crippen molar-refractivity contribution in [1.29, 1.82) is 0 Å². The smallest absolute Gasteiger partial charge is 0.157 e. The van der Waals surface area contributed by atoms with Crippen molar-refractivity contribution in [1.82, 2.24) is 0 Å². The summed E-state index contributed by atoms with van der Waals surface area (Å²) in [6, 6.07) is 3.38. The average molecular weight is 208 g/mol. The molecule has 0 saturated carbocycles. The summed E-state index contributed by atoms with van der Waals surface area (Å²) < 4.78 is 0. The van der Waals surface area contributed by atoms with E-state index in [0.717, 1.165) is 24.8 Å². The molecule has 84 valence electrons. The molecular formula is C13H20O2. The number of phenols is 2. The highest BCUT2D eigenvalue weighted by Crippen LogP contribution is 2.29. The minimum atomic E-state index is -0.00825. The fraction of sp³-hybridized carbons (Fsp3) is 0.538. The van der Waals surface area contributed by atoms with E-state index < -0.39 is 0 Å². The zero-order valence-corrected chi connectivity index (χ0v) is 9.58. The lowest BCUT2D eigenvalue weighted by Gasteiger charge is -2.09. The van der Waals surface area contributed by atoms with E-state index in [2.05, 4.69) is 13.8 Å². The van der Waals surface area contributed by atoms with Gasteiger partial charge in [0.05, 0.1) is 0 Å². The molecule has 0 heterocycles. The Balaban J connectivity index is 2.80. The normalized spacial score (nSPS) is 10.5. The van der Waals surface area contributed by atoms with Crippen molar-refractivity contribution in [2.45, 2.75) is 46.0 Å². The minimum Gasteiger partial charge on any atom is -0.504 e. The van der Waals surface area contributed by atoms with E-state index in [1.807, 2.05) is 0 Å². The van der Waals surface area contributed by atoms with E-state index in [0.29, 0.717) is 0 Å². The van der Waals surface area contributed by atoms with Gasteiger partial charge < -0.3 is 10.2 Å². The topological polar surface area (TPSA) is 40.5 Å². The molecule has 2 nitrogen and oxygen atoms in total. The summed E-state index contributed by atoms with van der Waals surface area (Å²) >= 11 is 0. The first-order chi connectivity index (χ1) is 7.19. The maximum absolute atomic E-state index is 9.43. The number of aryl methyl sites for hydroxylation is 2. The van der Waals surface area contributed by atoms with Gasteiger partial charge in [0, 0.05) is 0 Å². The van der Waals surface area contributed by atoms with Crippen LogP contribution in [0.2, 0.25) is 0 Å². The zero-order valence-electron chi connectivity index (χ0n) is 9.58. The van der Waals surface area contributed by atoms with Gasteiger partial charge in [0.2, 0.25) is 0 Å². The minimum absolute atomic E-state index is 0.00121. The molecule has 15 heavy (non-hydrogen) atoms. The molecule has 0 aliphatic heterocycles. The molecule has 0 amide bonds. The lowest BCUT2D eigenvalue weighted by atomic mass is 9.99. The molecule has 0 aliphatic rings. The molecule has 0 saturated heterocycles. The number of hydrogen-bond donors (Lipinski definition) is 2. The molecule has 0 unspecified atom stereocenters. The molecule has 1 rings (SSSR count). The Morgan fingerprint density at radius 3 is 2.07 bits per heavy atom. The standard InChI is InChI=1S/C13H20O2/c1-3-5-6-7-11-9-13(15)12(14)8-10(11)4-2/h8-9,14-15H,3-7H2,1-2H3. The van der Waals surface area contributed by atoms with Gasteiger partial charge in [0.15, 0.2) is 11.5 Å². The molecule has 0 fully saturated rings. The molecule has 0 spiro atoms. The van der Waals surface area contributed by atoms with Crippen LogP contribution in [-0.4, -0.2) is 10.2 Å². The molecule has 2 N–H and O–H groups in total. The highest BCUT2D eigenvalue weighted by Gasteiger charge is 2.06. The molecule has 1 aromatic carbocycles. The molecule has 0 aromatic heterocycles. The van der Waals surface area contributed by atoms with Gasteiger partial charge in [-0.25, -0.2) is 0 Å². The van der Waals surface area contributed by atoms with Gasteiger partial charge in [-0.1, -0.05) is 26.7 Å².